The van der Waals surface area contributed by atoms with Crippen LogP contribution in [-0.2, 0) is 11.3 Å². The van der Waals surface area contributed by atoms with Crippen LogP contribution in [0.2, 0.25) is 0 Å². The molecule has 0 unspecified atom stereocenters. The third-order valence-electron chi connectivity index (χ3n) is 2.71. The van der Waals surface area contributed by atoms with Crippen molar-refractivity contribution in [2.75, 3.05) is 20.7 Å². The average Bonchev–Trinajstić information content (AvgIpc) is 2.49. The van der Waals surface area contributed by atoms with Gasteiger partial charge in [-0.1, -0.05) is 12.1 Å². The van der Waals surface area contributed by atoms with Gasteiger partial charge in [0.2, 0.25) is 5.91 Å². The zero-order valence-corrected chi connectivity index (χ0v) is 13.1. The van der Waals surface area contributed by atoms with E-state index in [4.69, 9.17) is 4.74 Å². The number of carbonyl (C=O) groups excluding carboxylic acids is 1. The summed E-state index contributed by atoms with van der Waals surface area (Å²) in [5.74, 6) is 1.33. The highest BCUT2D eigenvalue weighted by molar-refractivity contribution is 5.86. The molecule has 1 aromatic rings. The molecule has 0 aromatic heterocycles. The highest BCUT2D eigenvalue weighted by atomic mass is 16.5. The first-order valence-corrected chi connectivity index (χ1v) is 6.92. The maximum absolute atomic E-state index is 11.8. The maximum atomic E-state index is 11.8. The molecule has 1 aromatic carbocycles. The fourth-order valence-electron chi connectivity index (χ4n) is 1.64. The zero-order chi connectivity index (χ0) is 15.7. The minimum atomic E-state index is -0.0856. The van der Waals surface area contributed by atoms with Gasteiger partial charge < -0.3 is 20.7 Å². The molecule has 0 saturated carbocycles. The Morgan fingerprint density at radius 2 is 1.90 bits per heavy atom. The summed E-state index contributed by atoms with van der Waals surface area (Å²) >= 11 is 0. The number of methoxy groups -OCH3 is 1. The molecule has 0 aliphatic heterocycles. The molecule has 6 heteroatoms. The second-order valence-corrected chi connectivity index (χ2v) is 4.85. The summed E-state index contributed by atoms with van der Waals surface area (Å²) in [7, 11) is 3.30. The maximum Gasteiger partial charge on any atom is 0.239 e. The van der Waals surface area contributed by atoms with Crippen LogP contribution in [0, 0.1) is 0 Å². The number of aliphatic imine (C=N–C) groups is 1. The van der Waals surface area contributed by atoms with Crippen molar-refractivity contribution >= 4 is 11.9 Å². The molecule has 1 amide bonds. The number of rotatable bonds is 6. The summed E-state index contributed by atoms with van der Waals surface area (Å²) in [6.45, 7) is 4.69. The van der Waals surface area contributed by atoms with Crippen LogP contribution in [0.15, 0.2) is 29.3 Å². The molecular formula is C15H24N4O2. The minimum absolute atomic E-state index is 0.0856. The van der Waals surface area contributed by atoms with Gasteiger partial charge in [0.25, 0.3) is 0 Å². The van der Waals surface area contributed by atoms with E-state index in [0.29, 0.717) is 12.5 Å². The van der Waals surface area contributed by atoms with E-state index in [1.165, 1.54) is 0 Å². The van der Waals surface area contributed by atoms with Crippen molar-refractivity contribution in [1.29, 1.82) is 0 Å². The van der Waals surface area contributed by atoms with Crippen molar-refractivity contribution in [3.8, 4) is 5.75 Å². The first-order chi connectivity index (χ1) is 10.0. The van der Waals surface area contributed by atoms with Crippen molar-refractivity contribution in [2.45, 2.75) is 26.4 Å². The standard InChI is InChI=1S/C15H24N4O2/c1-11(2)19-15(16-3)18-10-14(20)17-9-12-5-7-13(21-4)8-6-12/h5-8,11H,9-10H2,1-4H3,(H,17,20)(H2,16,18,19). The van der Waals surface area contributed by atoms with Gasteiger partial charge in [-0.05, 0) is 31.5 Å². The van der Waals surface area contributed by atoms with Gasteiger partial charge in [0.05, 0.1) is 13.7 Å². The first kappa shape index (κ1) is 16.8. The molecule has 0 aliphatic rings. The van der Waals surface area contributed by atoms with Crippen LogP contribution < -0.4 is 20.7 Å². The molecular weight excluding hydrogens is 268 g/mol. The second-order valence-electron chi connectivity index (χ2n) is 4.85. The van der Waals surface area contributed by atoms with Crippen LogP contribution in [0.1, 0.15) is 19.4 Å². The number of hydrogen-bond acceptors (Lipinski definition) is 3. The van der Waals surface area contributed by atoms with Crippen molar-refractivity contribution in [1.82, 2.24) is 16.0 Å². The SMILES string of the molecule is CN=C(NCC(=O)NCc1ccc(OC)cc1)NC(C)C. The third kappa shape index (κ3) is 6.65. The zero-order valence-electron chi connectivity index (χ0n) is 13.1. The molecule has 0 saturated heterocycles. The van der Waals surface area contributed by atoms with Crippen molar-refractivity contribution in [3.63, 3.8) is 0 Å². The monoisotopic (exact) mass is 292 g/mol. The topological polar surface area (TPSA) is 74.8 Å². The van der Waals surface area contributed by atoms with Gasteiger partial charge in [-0.2, -0.15) is 0 Å². The van der Waals surface area contributed by atoms with Gasteiger partial charge in [-0.15, -0.1) is 0 Å². The Balaban J connectivity index is 2.33. The number of amides is 1. The van der Waals surface area contributed by atoms with E-state index in [-0.39, 0.29) is 18.5 Å². The Kier molecular flexibility index (Phi) is 7.08. The number of carbonyl (C=O) groups is 1. The molecule has 0 atom stereocenters. The lowest BCUT2D eigenvalue weighted by atomic mass is 10.2. The lowest BCUT2D eigenvalue weighted by Crippen LogP contribution is -2.45. The number of ether oxygens (including phenoxy) is 1. The Morgan fingerprint density at radius 1 is 1.24 bits per heavy atom. The summed E-state index contributed by atoms with van der Waals surface area (Å²) < 4.78 is 5.09. The molecule has 0 radical (unpaired) electrons. The molecule has 0 fully saturated rings. The van der Waals surface area contributed by atoms with E-state index in [1.54, 1.807) is 14.2 Å². The minimum Gasteiger partial charge on any atom is -0.497 e. The van der Waals surface area contributed by atoms with Crippen LogP contribution in [0.5, 0.6) is 5.75 Å². The molecule has 1 rings (SSSR count). The second kappa shape index (κ2) is 8.84. The Hall–Kier alpha value is -2.24. The number of benzene rings is 1. The van der Waals surface area contributed by atoms with Crippen LogP contribution in [0.3, 0.4) is 0 Å². The van der Waals surface area contributed by atoms with E-state index < -0.39 is 0 Å². The van der Waals surface area contributed by atoms with Gasteiger partial charge in [-0.25, -0.2) is 0 Å². The van der Waals surface area contributed by atoms with Crippen LogP contribution in [0.25, 0.3) is 0 Å². The van der Waals surface area contributed by atoms with E-state index >= 15 is 0 Å². The predicted octanol–water partition coefficient (Wildman–Crippen LogP) is 0.885. The fourth-order valence-corrected chi connectivity index (χ4v) is 1.64. The largest absolute Gasteiger partial charge is 0.497 e. The highest BCUT2D eigenvalue weighted by Crippen LogP contribution is 2.10. The predicted molar refractivity (Wildman–Crippen MR) is 84.5 cm³/mol. The number of nitrogens with one attached hydrogen (secondary N) is 3. The Labute approximate surface area is 126 Å². The number of hydrogen-bond donors (Lipinski definition) is 3. The summed E-state index contributed by atoms with van der Waals surface area (Å²) in [5.41, 5.74) is 1.02. The van der Waals surface area contributed by atoms with Crippen LogP contribution in [-0.4, -0.2) is 38.6 Å². The molecule has 0 spiro atoms. The lowest BCUT2D eigenvalue weighted by Gasteiger charge is -2.14. The van der Waals surface area contributed by atoms with Crippen molar-refractivity contribution in [3.05, 3.63) is 29.8 Å². The summed E-state index contributed by atoms with van der Waals surface area (Å²) in [6.07, 6.45) is 0. The molecule has 21 heavy (non-hydrogen) atoms. The molecule has 0 bridgehead atoms. The molecule has 116 valence electrons. The van der Waals surface area contributed by atoms with Gasteiger partial charge in [0.15, 0.2) is 5.96 Å². The summed E-state index contributed by atoms with van der Waals surface area (Å²) in [5, 5.41) is 8.92. The molecule has 6 nitrogen and oxygen atoms in total. The molecule has 0 aliphatic carbocycles. The first-order valence-electron chi connectivity index (χ1n) is 6.92. The Morgan fingerprint density at radius 3 is 2.43 bits per heavy atom. The normalized spacial score (nSPS) is 11.2. The smallest absolute Gasteiger partial charge is 0.239 e. The third-order valence-corrected chi connectivity index (χ3v) is 2.71. The van der Waals surface area contributed by atoms with Gasteiger partial charge in [-0.3, -0.25) is 9.79 Å². The van der Waals surface area contributed by atoms with Gasteiger partial charge in [0, 0.05) is 19.6 Å². The summed E-state index contributed by atoms with van der Waals surface area (Å²) in [4.78, 5) is 15.8. The van der Waals surface area contributed by atoms with Crippen LogP contribution >= 0.6 is 0 Å². The highest BCUT2D eigenvalue weighted by Gasteiger charge is 2.04. The number of guanidine groups is 1. The lowest BCUT2D eigenvalue weighted by molar-refractivity contribution is -0.120. The fraction of sp³-hybridized carbons (Fsp3) is 0.467. The number of nitrogens with zero attached hydrogens (tertiary/aromatic N) is 1. The quantitative estimate of drug-likeness (QED) is 0.537. The van der Waals surface area contributed by atoms with E-state index in [2.05, 4.69) is 20.9 Å². The van der Waals surface area contributed by atoms with E-state index in [0.717, 1.165) is 11.3 Å². The van der Waals surface area contributed by atoms with Crippen molar-refractivity contribution < 1.29 is 9.53 Å². The van der Waals surface area contributed by atoms with E-state index in [1.807, 2.05) is 38.1 Å². The molecule has 0 heterocycles. The average molecular weight is 292 g/mol. The van der Waals surface area contributed by atoms with Crippen molar-refractivity contribution in [2.24, 2.45) is 4.99 Å². The Bertz CT molecular complexity index is 469. The van der Waals surface area contributed by atoms with Gasteiger partial charge >= 0.3 is 0 Å². The molecule has 3 N–H and O–H groups in total. The van der Waals surface area contributed by atoms with E-state index in [9.17, 15) is 4.79 Å². The summed E-state index contributed by atoms with van der Waals surface area (Å²) in [6, 6.07) is 7.85. The van der Waals surface area contributed by atoms with Crippen LogP contribution in [0.4, 0.5) is 0 Å². The van der Waals surface area contributed by atoms with Gasteiger partial charge in [0.1, 0.15) is 5.75 Å².